The topological polar surface area (TPSA) is 68.3 Å². The Labute approximate surface area is 119 Å². The van der Waals surface area contributed by atoms with Gasteiger partial charge in [-0.2, -0.15) is 0 Å². The van der Waals surface area contributed by atoms with E-state index in [1.165, 1.54) is 0 Å². The van der Waals surface area contributed by atoms with Crippen molar-refractivity contribution in [3.05, 3.63) is 53.0 Å². The normalized spacial score (nSPS) is 12.2. The number of benzene rings is 1. The van der Waals surface area contributed by atoms with Crippen LogP contribution in [0.1, 0.15) is 34.2 Å². The average Bonchev–Trinajstić information content (AvgIpc) is 2.86. The molecule has 0 aliphatic rings. The first kappa shape index (κ1) is 14.2. The molecule has 0 fully saturated rings. The van der Waals surface area contributed by atoms with Crippen molar-refractivity contribution in [3.8, 4) is 0 Å². The maximum Gasteiger partial charge on any atom is 0.251 e. The van der Waals surface area contributed by atoms with Crippen LogP contribution in [0.2, 0.25) is 0 Å². The van der Waals surface area contributed by atoms with E-state index in [9.17, 15) is 4.79 Å². The lowest BCUT2D eigenvalue weighted by atomic mass is 10.0. The van der Waals surface area contributed by atoms with Crippen molar-refractivity contribution in [2.24, 2.45) is 0 Å². The van der Waals surface area contributed by atoms with Gasteiger partial charge < -0.3 is 15.5 Å². The van der Waals surface area contributed by atoms with E-state index in [4.69, 9.17) is 10.2 Å². The highest BCUT2D eigenvalue weighted by Gasteiger charge is 2.14. The van der Waals surface area contributed by atoms with Crippen molar-refractivity contribution in [2.75, 3.05) is 5.73 Å². The van der Waals surface area contributed by atoms with E-state index >= 15 is 0 Å². The minimum Gasteiger partial charge on any atom is -0.469 e. The molecule has 0 aliphatic carbocycles. The fourth-order valence-electron chi connectivity index (χ4n) is 2.20. The molecule has 2 aromatic rings. The molecular formula is C16H20N2O2. The molecular weight excluding hydrogens is 252 g/mol. The number of rotatable bonds is 4. The number of carbonyl (C=O) groups is 1. The van der Waals surface area contributed by atoms with Crippen LogP contribution >= 0.6 is 0 Å². The van der Waals surface area contributed by atoms with Crippen LogP contribution in [0.4, 0.5) is 5.69 Å². The van der Waals surface area contributed by atoms with Gasteiger partial charge in [0.1, 0.15) is 5.76 Å². The van der Waals surface area contributed by atoms with Crippen molar-refractivity contribution >= 4 is 11.6 Å². The van der Waals surface area contributed by atoms with Crippen LogP contribution < -0.4 is 11.1 Å². The van der Waals surface area contributed by atoms with E-state index in [1.54, 1.807) is 12.3 Å². The molecule has 1 heterocycles. The van der Waals surface area contributed by atoms with Crippen LogP contribution in [-0.4, -0.2) is 11.9 Å². The van der Waals surface area contributed by atoms with Gasteiger partial charge in [-0.05, 0) is 50.1 Å². The summed E-state index contributed by atoms with van der Waals surface area (Å²) in [7, 11) is 0. The molecule has 4 heteroatoms. The third-order valence-corrected chi connectivity index (χ3v) is 3.32. The van der Waals surface area contributed by atoms with Gasteiger partial charge in [0.25, 0.3) is 5.91 Å². The molecule has 3 N–H and O–H groups in total. The lowest BCUT2D eigenvalue weighted by molar-refractivity contribution is 0.0938. The highest BCUT2D eigenvalue weighted by molar-refractivity contribution is 5.96. The maximum atomic E-state index is 12.3. The Balaban J connectivity index is 2.06. The number of nitrogens with one attached hydrogen (secondary N) is 1. The summed E-state index contributed by atoms with van der Waals surface area (Å²) in [5.41, 5.74) is 9.05. The second kappa shape index (κ2) is 5.82. The van der Waals surface area contributed by atoms with Crippen LogP contribution in [0.5, 0.6) is 0 Å². The first-order valence-electron chi connectivity index (χ1n) is 6.67. The van der Waals surface area contributed by atoms with Gasteiger partial charge in [0.2, 0.25) is 0 Å². The summed E-state index contributed by atoms with van der Waals surface area (Å²) in [5.74, 6) is 0.756. The van der Waals surface area contributed by atoms with Gasteiger partial charge in [0.05, 0.1) is 6.26 Å². The Morgan fingerprint density at radius 3 is 2.75 bits per heavy atom. The number of carbonyl (C=O) groups excluding carboxylic acids is 1. The Morgan fingerprint density at radius 2 is 2.10 bits per heavy atom. The van der Waals surface area contributed by atoms with Crippen LogP contribution in [0.25, 0.3) is 0 Å². The Hall–Kier alpha value is -2.23. The monoisotopic (exact) mass is 272 g/mol. The fraction of sp³-hybridized carbons (Fsp3) is 0.312. The number of anilines is 1. The standard InChI is InChI=1S/C16H20N2O2/c1-10-7-11(2)15(17)9-14(10)16(19)18-12(3)8-13-5-4-6-20-13/h4-7,9,12H,8,17H2,1-3H3,(H,18,19). The molecule has 1 atom stereocenters. The molecule has 1 aromatic heterocycles. The molecule has 0 spiro atoms. The Bertz CT molecular complexity index is 603. The molecule has 0 radical (unpaired) electrons. The minimum absolute atomic E-state index is 0.00409. The van der Waals surface area contributed by atoms with Crippen molar-refractivity contribution in [3.63, 3.8) is 0 Å². The summed E-state index contributed by atoms with van der Waals surface area (Å²) in [4.78, 5) is 12.3. The van der Waals surface area contributed by atoms with Gasteiger partial charge in [0.15, 0.2) is 0 Å². The molecule has 0 aliphatic heterocycles. The van der Waals surface area contributed by atoms with E-state index < -0.39 is 0 Å². The molecule has 4 nitrogen and oxygen atoms in total. The molecule has 0 saturated carbocycles. The number of hydrogen-bond acceptors (Lipinski definition) is 3. The smallest absolute Gasteiger partial charge is 0.251 e. The zero-order valence-electron chi connectivity index (χ0n) is 12.1. The average molecular weight is 272 g/mol. The number of nitrogens with two attached hydrogens (primary N) is 1. The SMILES string of the molecule is Cc1cc(C)c(C(=O)NC(C)Cc2ccco2)cc1N. The first-order valence-corrected chi connectivity index (χ1v) is 6.67. The van der Waals surface area contributed by atoms with Gasteiger partial charge in [-0.25, -0.2) is 0 Å². The van der Waals surface area contributed by atoms with Crippen molar-refractivity contribution in [1.29, 1.82) is 0 Å². The number of hydrogen-bond donors (Lipinski definition) is 2. The number of amides is 1. The van der Waals surface area contributed by atoms with E-state index in [0.717, 1.165) is 16.9 Å². The second-order valence-electron chi connectivity index (χ2n) is 5.18. The molecule has 2 rings (SSSR count). The van der Waals surface area contributed by atoms with Crippen LogP contribution in [-0.2, 0) is 6.42 Å². The molecule has 1 amide bonds. The third kappa shape index (κ3) is 3.20. The largest absolute Gasteiger partial charge is 0.469 e. The minimum atomic E-state index is -0.103. The number of nitrogen functional groups attached to an aromatic ring is 1. The number of furan rings is 1. The lowest BCUT2D eigenvalue weighted by Gasteiger charge is -2.15. The van der Waals surface area contributed by atoms with Crippen LogP contribution in [0.3, 0.4) is 0 Å². The lowest BCUT2D eigenvalue weighted by Crippen LogP contribution is -2.34. The second-order valence-corrected chi connectivity index (χ2v) is 5.18. The van der Waals surface area contributed by atoms with Gasteiger partial charge in [0, 0.05) is 23.7 Å². The molecule has 0 bridgehead atoms. The molecule has 0 saturated heterocycles. The summed E-state index contributed by atoms with van der Waals surface area (Å²) in [5, 5.41) is 2.97. The number of aryl methyl sites for hydroxylation is 2. The van der Waals surface area contributed by atoms with Gasteiger partial charge >= 0.3 is 0 Å². The summed E-state index contributed by atoms with van der Waals surface area (Å²) in [6.07, 6.45) is 2.30. The Morgan fingerprint density at radius 1 is 1.35 bits per heavy atom. The molecule has 1 aromatic carbocycles. The fourth-order valence-corrected chi connectivity index (χ4v) is 2.20. The van der Waals surface area contributed by atoms with Crippen molar-refractivity contribution in [1.82, 2.24) is 5.32 Å². The summed E-state index contributed by atoms with van der Waals surface area (Å²) in [6, 6.07) is 7.41. The molecule has 20 heavy (non-hydrogen) atoms. The van der Waals surface area contributed by atoms with Crippen molar-refractivity contribution < 1.29 is 9.21 Å². The zero-order chi connectivity index (χ0) is 14.7. The maximum absolute atomic E-state index is 12.3. The van der Waals surface area contributed by atoms with E-state index in [1.807, 2.05) is 39.0 Å². The molecule has 1 unspecified atom stereocenters. The van der Waals surface area contributed by atoms with E-state index in [2.05, 4.69) is 5.32 Å². The van der Waals surface area contributed by atoms with E-state index in [0.29, 0.717) is 17.7 Å². The highest BCUT2D eigenvalue weighted by Crippen LogP contribution is 2.18. The summed E-state index contributed by atoms with van der Waals surface area (Å²) >= 11 is 0. The van der Waals surface area contributed by atoms with Gasteiger partial charge in [-0.1, -0.05) is 6.07 Å². The predicted molar refractivity (Wildman–Crippen MR) is 79.7 cm³/mol. The van der Waals surface area contributed by atoms with Gasteiger partial charge in [-0.3, -0.25) is 4.79 Å². The summed E-state index contributed by atoms with van der Waals surface area (Å²) < 4.78 is 5.28. The first-order chi connectivity index (χ1) is 9.47. The van der Waals surface area contributed by atoms with E-state index in [-0.39, 0.29) is 11.9 Å². The van der Waals surface area contributed by atoms with Gasteiger partial charge in [-0.15, -0.1) is 0 Å². The molecule has 106 valence electrons. The quantitative estimate of drug-likeness (QED) is 0.841. The zero-order valence-corrected chi connectivity index (χ0v) is 12.1. The Kier molecular flexibility index (Phi) is 4.13. The summed E-state index contributed by atoms with van der Waals surface area (Å²) in [6.45, 7) is 5.80. The third-order valence-electron chi connectivity index (χ3n) is 3.32. The van der Waals surface area contributed by atoms with Crippen molar-refractivity contribution in [2.45, 2.75) is 33.2 Å². The van der Waals surface area contributed by atoms with Crippen LogP contribution in [0.15, 0.2) is 34.9 Å². The predicted octanol–water partition coefficient (Wildman–Crippen LogP) is 2.84. The van der Waals surface area contributed by atoms with Crippen LogP contribution in [0, 0.1) is 13.8 Å². The highest BCUT2D eigenvalue weighted by atomic mass is 16.3.